The number of hydrogen-bond acceptors (Lipinski definition) is 3. The Balaban J connectivity index is 1.51. The summed E-state index contributed by atoms with van der Waals surface area (Å²) in [5, 5.41) is 3.54. The van der Waals surface area contributed by atoms with Gasteiger partial charge in [0.05, 0.1) is 37.3 Å². The van der Waals surface area contributed by atoms with Gasteiger partial charge in [-0.2, -0.15) is 0 Å². The second-order valence-electron chi connectivity index (χ2n) is 7.03. The minimum absolute atomic E-state index is 0.786. The normalized spacial score (nSPS) is 15.4. The van der Waals surface area contributed by atoms with Gasteiger partial charge in [0.1, 0.15) is 13.1 Å². The average Bonchev–Trinajstić information content (AvgIpc) is 3.04. The van der Waals surface area contributed by atoms with Gasteiger partial charge in [0.2, 0.25) is 5.95 Å². The number of aryl methyl sites for hydroxylation is 1. The third-order valence-corrected chi connectivity index (χ3v) is 5.11. The van der Waals surface area contributed by atoms with Gasteiger partial charge in [-0.25, -0.2) is 4.98 Å². The summed E-state index contributed by atoms with van der Waals surface area (Å²) < 4.78 is 7.80. The zero-order chi connectivity index (χ0) is 17.8. The maximum Gasteiger partial charge on any atom is 0.204 e. The van der Waals surface area contributed by atoms with Crippen molar-refractivity contribution in [1.29, 1.82) is 0 Å². The number of benzene rings is 2. The smallest absolute Gasteiger partial charge is 0.204 e. The van der Waals surface area contributed by atoms with E-state index in [1.54, 1.807) is 4.90 Å². The molecule has 0 radical (unpaired) electrons. The number of nitrogens with one attached hydrogen (secondary N) is 2. The van der Waals surface area contributed by atoms with Gasteiger partial charge in [0.25, 0.3) is 0 Å². The highest BCUT2D eigenvalue weighted by Crippen LogP contribution is 2.19. The average molecular weight is 351 g/mol. The van der Waals surface area contributed by atoms with Crippen LogP contribution in [0.15, 0.2) is 48.5 Å². The Morgan fingerprint density at radius 1 is 1.08 bits per heavy atom. The SMILES string of the molecule is Cc1ccc(CNc2nc3ccccc3n2CC[NH+]2CCOCC2)cc1. The van der Waals surface area contributed by atoms with Gasteiger partial charge < -0.3 is 19.5 Å². The molecule has 2 heterocycles. The molecule has 0 saturated carbocycles. The van der Waals surface area contributed by atoms with E-state index in [1.165, 1.54) is 16.6 Å². The Morgan fingerprint density at radius 2 is 1.85 bits per heavy atom. The van der Waals surface area contributed by atoms with Crippen molar-refractivity contribution in [3.63, 3.8) is 0 Å². The summed E-state index contributed by atoms with van der Waals surface area (Å²) in [5.41, 5.74) is 4.81. The fraction of sp³-hybridized carbons (Fsp3) is 0.381. The van der Waals surface area contributed by atoms with E-state index in [4.69, 9.17) is 9.72 Å². The topological polar surface area (TPSA) is 43.5 Å². The summed E-state index contributed by atoms with van der Waals surface area (Å²) >= 11 is 0. The van der Waals surface area contributed by atoms with Crippen LogP contribution in [0.4, 0.5) is 5.95 Å². The number of rotatable bonds is 6. The van der Waals surface area contributed by atoms with E-state index in [2.05, 4.69) is 65.3 Å². The number of ether oxygens (including phenoxy) is 1. The fourth-order valence-electron chi connectivity index (χ4n) is 3.50. The van der Waals surface area contributed by atoms with Crippen LogP contribution >= 0.6 is 0 Å². The second kappa shape index (κ2) is 7.89. The number of fused-ring (bicyclic) bond motifs is 1. The summed E-state index contributed by atoms with van der Waals surface area (Å²) in [6.45, 7) is 8.90. The molecule has 4 rings (SSSR count). The highest BCUT2D eigenvalue weighted by Gasteiger charge is 2.16. The molecule has 5 heteroatoms. The number of morpholine rings is 1. The van der Waals surface area contributed by atoms with E-state index in [0.29, 0.717) is 0 Å². The molecular formula is C21H27N4O+. The van der Waals surface area contributed by atoms with Crippen molar-refractivity contribution in [2.75, 3.05) is 38.2 Å². The van der Waals surface area contributed by atoms with Gasteiger partial charge >= 0.3 is 0 Å². The molecule has 0 amide bonds. The minimum Gasteiger partial charge on any atom is -0.370 e. The van der Waals surface area contributed by atoms with Gasteiger partial charge in [-0.05, 0) is 24.6 Å². The molecule has 0 spiro atoms. The zero-order valence-corrected chi connectivity index (χ0v) is 15.4. The summed E-state index contributed by atoms with van der Waals surface area (Å²) in [6, 6.07) is 17.0. The summed E-state index contributed by atoms with van der Waals surface area (Å²) in [4.78, 5) is 6.44. The van der Waals surface area contributed by atoms with Crippen molar-refractivity contribution in [2.24, 2.45) is 0 Å². The molecule has 0 aliphatic carbocycles. The maximum absolute atomic E-state index is 5.47. The van der Waals surface area contributed by atoms with Crippen LogP contribution in [0.5, 0.6) is 0 Å². The largest absolute Gasteiger partial charge is 0.370 e. The molecule has 1 saturated heterocycles. The second-order valence-corrected chi connectivity index (χ2v) is 7.03. The van der Waals surface area contributed by atoms with Crippen LogP contribution in [0.2, 0.25) is 0 Å². The van der Waals surface area contributed by atoms with Crippen LogP contribution < -0.4 is 10.2 Å². The molecule has 5 nitrogen and oxygen atoms in total. The number of anilines is 1. The summed E-state index contributed by atoms with van der Waals surface area (Å²) in [7, 11) is 0. The Morgan fingerprint density at radius 3 is 2.65 bits per heavy atom. The quantitative estimate of drug-likeness (QED) is 0.713. The van der Waals surface area contributed by atoms with E-state index in [1.807, 2.05) is 0 Å². The van der Waals surface area contributed by atoms with Crippen molar-refractivity contribution < 1.29 is 9.64 Å². The molecule has 136 valence electrons. The fourth-order valence-corrected chi connectivity index (χ4v) is 3.50. The lowest BCUT2D eigenvalue weighted by atomic mass is 10.1. The number of imidazole rings is 1. The monoisotopic (exact) mass is 351 g/mol. The third-order valence-electron chi connectivity index (χ3n) is 5.11. The Hall–Kier alpha value is -2.37. The minimum atomic E-state index is 0.786. The number of para-hydroxylation sites is 2. The highest BCUT2D eigenvalue weighted by atomic mass is 16.5. The van der Waals surface area contributed by atoms with Crippen LogP contribution in [0.1, 0.15) is 11.1 Å². The molecule has 3 aromatic rings. The summed E-state index contributed by atoms with van der Waals surface area (Å²) in [6.07, 6.45) is 0. The van der Waals surface area contributed by atoms with E-state index < -0.39 is 0 Å². The highest BCUT2D eigenvalue weighted by molar-refractivity contribution is 5.78. The van der Waals surface area contributed by atoms with Gasteiger partial charge in [-0.3, -0.25) is 0 Å². The first-order chi connectivity index (χ1) is 12.8. The van der Waals surface area contributed by atoms with Gasteiger partial charge in [0.15, 0.2) is 0 Å². The standard InChI is InChI=1S/C21H26N4O/c1-17-6-8-18(9-7-17)16-22-21-23-19-4-2-3-5-20(19)25(21)11-10-24-12-14-26-15-13-24/h2-9H,10-16H2,1H3,(H,22,23)/p+1. The van der Waals surface area contributed by atoms with E-state index >= 15 is 0 Å². The number of quaternary nitrogens is 1. The van der Waals surface area contributed by atoms with Crippen LogP contribution in [-0.2, 0) is 17.8 Å². The molecule has 1 aliphatic rings. The first kappa shape index (κ1) is 17.1. The molecule has 0 atom stereocenters. The van der Waals surface area contributed by atoms with Gasteiger partial charge in [-0.1, -0.05) is 42.0 Å². The lowest BCUT2D eigenvalue weighted by Crippen LogP contribution is -3.14. The Labute approximate surface area is 154 Å². The molecule has 26 heavy (non-hydrogen) atoms. The maximum atomic E-state index is 5.47. The van der Waals surface area contributed by atoms with Gasteiger partial charge in [-0.15, -0.1) is 0 Å². The predicted molar refractivity (Wildman–Crippen MR) is 105 cm³/mol. The first-order valence-electron chi connectivity index (χ1n) is 9.45. The first-order valence-corrected chi connectivity index (χ1v) is 9.45. The Bertz CT molecular complexity index is 850. The van der Waals surface area contributed by atoms with Crippen molar-refractivity contribution in [3.8, 4) is 0 Å². The number of nitrogens with zero attached hydrogens (tertiary/aromatic N) is 2. The molecule has 2 aromatic carbocycles. The summed E-state index contributed by atoms with van der Waals surface area (Å²) in [5.74, 6) is 0.958. The van der Waals surface area contributed by atoms with Gasteiger partial charge in [0, 0.05) is 6.54 Å². The molecule has 0 unspecified atom stereocenters. The molecular weight excluding hydrogens is 324 g/mol. The van der Waals surface area contributed by atoms with Crippen molar-refractivity contribution in [2.45, 2.75) is 20.0 Å². The number of hydrogen-bond donors (Lipinski definition) is 2. The number of aromatic nitrogens is 2. The molecule has 2 N–H and O–H groups in total. The van der Waals surface area contributed by atoms with Crippen molar-refractivity contribution >= 4 is 17.0 Å². The lowest BCUT2D eigenvalue weighted by molar-refractivity contribution is -0.908. The van der Waals surface area contributed by atoms with Crippen LogP contribution in [0.25, 0.3) is 11.0 Å². The van der Waals surface area contributed by atoms with E-state index in [9.17, 15) is 0 Å². The van der Waals surface area contributed by atoms with Crippen LogP contribution in [0.3, 0.4) is 0 Å². The van der Waals surface area contributed by atoms with E-state index in [-0.39, 0.29) is 0 Å². The Kier molecular flexibility index (Phi) is 5.18. The van der Waals surface area contributed by atoms with E-state index in [0.717, 1.165) is 57.4 Å². The van der Waals surface area contributed by atoms with Crippen LogP contribution in [0, 0.1) is 6.92 Å². The molecule has 1 aliphatic heterocycles. The van der Waals surface area contributed by atoms with Crippen LogP contribution in [-0.4, -0.2) is 42.4 Å². The molecule has 1 fully saturated rings. The predicted octanol–water partition coefficient (Wildman–Crippen LogP) is 1.87. The van der Waals surface area contributed by atoms with Crippen molar-refractivity contribution in [3.05, 3.63) is 59.7 Å². The molecule has 0 bridgehead atoms. The van der Waals surface area contributed by atoms with Crippen molar-refractivity contribution in [1.82, 2.24) is 9.55 Å². The lowest BCUT2D eigenvalue weighted by Gasteiger charge is -2.24. The zero-order valence-electron chi connectivity index (χ0n) is 15.4. The third kappa shape index (κ3) is 3.89. The molecule has 1 aromatic heterocycles.